The van der Waals surface area contributed by atoms with Gasteiger partial charge in [0.2, 0.25) is 10.0 Å². The molecule has 142 valence electrons. The molecule has 1 aromatic carbocycles. The second-order valence-electron chi connectivity index (χ2n) is 7.36. The predicted octanol–water partition coefficient (Wildman–Crippen LogP) is 0.982. The van der Waals surface area contributed by atoms with E-state index in [0.717, 1.165) is 30.8 Å². The third-order valence-electron chi connectivity index (χ3n) is 5.20. The minimum Gasteiger partial charge on any atom is -0.317 e. The highest BCUT2D eigenvalue weighted by Crippen LogP contribution is 2.27. The third-order valence-corrected chi connectivity index (χ3v) is 6.61. The summed E-state index contributed by atoms with van der Waals surface area (Å²) in [6.07, 6.45) is 2.09. The van der Waals surface area contributed by atoms with E-state index in [2.05, 4.69) is 17.0 Å². The van der Waals surface area contributed by atoms with E-state index in [9.17, 15) is 18.0 Å². The number of hydrogen-bond donors (Lipinski definition) is 2. The van der Waals surface area contributed by atoms with Crippen LogP contribution >= 0.6 is 0 Å². The lowest BCUT2D eigenvalue weighted by Gasteiger charge is -2.34. The van der Waals surface area contributed by atoms with Crippen molar-refractivity contribution in [3.05, 3.63) is 35.4 Å². The van der Waals surface area contributed by atoms with E-state index in [-0.39, 0.29) is 35.9 Å². The molecule has 0 atom stereocenters. The first-order valence-corrected chi connectivity index (χ1v) is 10.6. The predicted molar refractivity (Wildman–Crippen MR) is 98.4 cm³/mol. The van der Waals surface area contributed by atoms with Crippen molar-refractivity contribution in [2.45, 2.75) is 26.2 Å². The number of carbonyl (C=O) groups is 2. The first-order chi connectivity index (χ1) is 12.3. The molecule has 1 fully saturated rings. The van der Waals surface area contributed by atoms with Gasteiger partial charge in [0.15, 0.2) is 0 Å². The number of rotatable bonds is 7. The largest absolute Gasteiger partial charge is 0.317 e. The molecule has 26 heavy (non-hydrogen) atoms. The fourth-order valence-corrected chi connectivity index (χ4v) is 4.64. The number of imide groups is 1. The molecular weight excluding hydrogens is 354 g/mol. The average molecular weight is 379 g/mol. The van der Waals surface area contributed by atoms with Gasteiger partial charge in [-0.05, 0) is 49.9 Å². The maximum atomic E-state index is 12.3. The van der Waals surface area contributed by atoms with Crippen LogP contribution in [0.1, 0.15) is 46.9 Å². The second kappa shape index (κ2) is 7.46. The van der Waals surface area contributed by atoms with Gasteiger partial charge < -0.3 is 5.32 Å². The highest BCUT2D eigenvalue weighted by Gasteiger charge is 2.35. The van der Waals surface area contributed by atoms with Crippen LogP contribution in [0.4, 0.5) is 0 Å². The van der Waals surface area contributed by atoms with Crippen molar-refractivity contribution in [2.75, 3.05) is 31.9 Å². The summed E-state index contributed by atoms with van der Waals surface area (Å²) >= 11 is 0. The van der Waals surface area contributed by atoms with Crippen molar-refractivity contribution in [1.29, 1.82) is 0 Å². The van der Waals surface area contributed by atoms with E-state index < -0.39 is 10.0 Å². The second-order valence-corrected chi connectivity index (χ2v) is 9.29. The molecule has 1 saturated heterocycles. The lowest BCUT2D eigenvalue weighted by molar-refractivity contribution is 0.0654. The summed E-state index contributed by atoms with van der Waals surface area (Å²) in [6.45, 7) is 4.42. The van der Waals surface area contributed by atoms with E-state index in [1.165, 1.54) is 0 Å². The zero-order valence-electron chi connectivity index (χ0n) is 15.0. The van der Waals surface area contributed by atoms with Crippen LogP contribution in [-0.4, -0.2) is 57.1 Å². The summed E-state index contributed by atoms with van der Waals surface area (Å²) in [5.74, 6) is -0.800. The Balaban J connectivity index is 1.50. The minimum absolute atomic E-state index is 0.0269. The van der Waals surface area contributed by atoms with Gasteiger partial charge in [0.05, 0.1) is 16.9 Å². The summed E-state index contributed by atoms with van der Waals surface area (Å²) in [7, 11) is -3.43. The Labute approximate surface area is 154 Å². The standard InChI is InChI=1S/C18H25N3O4S/c1-18(7-9-19-10-8-18)13-20-26(24,25)12-4-11-21-16(22)14-5-2-3-6-15(14)17(21)23/h2-3,5-6,19-20H,4,7-13H2,1H3. The van der Waals surface area contributed by atoms with Crippen molar-refractivity contribution < 1.29 is 18.0 Å². The van der Waals surface area contributed by atoms with Gasteiger partial charge in [-0.25, -0.2) is 13.1 Å². The monoisotopic (exact) mass is 379 g/mol. The summed E-state index contributed by atoms with van der Waals surface area (Å²) in [6, 6.07) is 6.66. The lowest BCUT2D eigenvalue weighted by atomic mass is 9.81. The molecule has 2 aliphatic heterocycles. The maximum Gasteiger partial charge on any atom is 0.261 e. The SMILES string of the molecule is CC1(CNS(=O)(=O)CCCN2C(=O)c3ccccc3C2=O)CCNCC1. The number of nitrogens with one attached hydrogen (secondary N) is 2. The molecule has 0 aliphatic carbocycles. The Bertz CT molecular complexity index is 765. The van der Waals surface area contributed by atoms with Crippen LogP contribution in [0.2, 0.25) is 0 Å². The fraction of sp³-hybridized carbons (Fsp3) is 0.556. The number of benzene rings is 1. The number of hydrogen-bond acceptors (Lipinski definition) is 5. The molecule has 7 nitrogen and oxygen atoms in total. The number of sulfonamides is 1. The molecular formula is C18H25N3O4S. The highest BCUT2D eigenvalue weighted by molar-refractivity contribution is 7.89. The Morgan fingerprint density at radius 1 is 1.12 bits per heavy atom. The van der Waals surface area contributed by atoms with Gasteiger partial charge in [0.25, 0.3) is 11.8 Å². The average Bonchev–Trinajstić information content (AvgIpc) is 2.86. The molecule has 2 heterocycles. The third kappa shape index (κ3) is 4.13. The van der Waals surface area contributed by atoms with Gasteiger partial charge in [0.1, 0.15) is 0 Å². The van der Waals surface area contributed by atoms with E-state index >= 15 is 0 Å². The van der Waals surface area contributed by atoms with Crippen molar-refractivity contribution in [1.82, 2.24) is 14.9 Å². The van der Waals surface area contributed by atoms with Crippen LogP contribution < -0.4 is 10.0 Å². The zero-order valence-corrected chi connectivity index (χ0v) is 15.8. The lowest BCUT2D eigenvalue weighted by Crippen LogP contribution is -2.43. The highest BCUT2D eigenvalue weighted by atomic mass is 32.2. The van der Waals surface area contributed by atoms with E-state index in [1.807, 2.05) is 0 Å². The van der Waals surface area contributed by atoms with Crippen LogP contribution in [0.3, 0.4) is 0 Å². The Morgan fingerprint density at radius 3 is 2.27 bits per heavy atom. The summed E-state index contributed by atoms with van der Waals surface area (Å²) in [5.41, 5.74) is 0.746. The molecule has 0 spiro atoms. The van der Waals surface area contributed by atoms with Crippen molar-refractivity contribution in [3.63, 3.8) is 0 Å². The molecule has 2 amide bonds. The molecule has 0 unspecified atom stereocenters. The molecule has 0 saturated carbocycles. The summed E-state index contributed by atoms with van der Waals surface area (Å²) in [4.78, 5) is 25.7. The van der Waals surface area contributed by atoms with E-state index in [1.54, 1.807) is 24.3 Å². The van der Waals surface area contributed by atoms with Crippen molar-refractivity contribution in [3.8, 4) is 0 Å². The van der Waals surface area contributed by atoms with Gasteiger partial charge in [-0.15, -0.1) is 0 Å². The Hall–Kier alpha value is -1.77. The molecule has 0 aromatic heterocycles. The topological polar surface area (TPSA) is 95.6 Å². The smallest absolute Gasteiger partial charge is 0.261 e. The summed E-state index contributed by atoms with van der Waals surface area (Å²) < 4.78 is 27.2. The van der Waals surface area contributed by atoms with E-state index in [0.29, 0.717) is 17.7 Å². The van der Waals surface area contributed by atoms with Crippen LogP contribution in [0.5, 0.6) is 0 Å². The number of nitrogens with zero attached hydrogens (tertiary/aromatic N) is 1. The van der Waals surface area contributed by atoms with Crippen LogP contribution in [0.15, 0.2) is 24.3 Å². The molecule has 0 radical (unpaired) electrons. The number of piperidine rings is 1. The fourth-order valence-electron chi connectivity index (χ4n) is 3.42. The first-order valence-electron chi connectivity index (χ1n) is 8.95. The molecule has 3 rings (SSSR count). The van der Waals surface area contributed by atoms with Crippen molar-refractivity contribution >= 4 is 21.8 Å². The number of fused-ring (bicyclic) bond motifs is 1. The van der Waals surface area contributed by atoms with Crippen LogP contribution in [-0.2, 0) is 10.0 Å². The van der Waals surface area contributed by atoms with Gasteiger partial charge >= 0.3 is 0 Å². The summed E-state index contributed by atoms with van der Waals surface area (Å²) in [5, 5.41) is 3.27. The molecule has 2 N–H and O–H groups in total. The number of carbonyl (C=O) groups excluding carboxylic acids is 2. The van der Waals surface area contributed by atoms with Gasteiger partial charge in [-0.3, -0.25) is 14.5 Å². The quantitative estimate of drug-likeness (QED) is 0.689. The van der Waals surface area contributed by atoms with Crippen LogP contribution in [0.25, 0.3) is 0 Å². The van der Waals surface area contributed by atoms with Crippen LogP contribution in [0, 0.1) is 5.41 Å². The Kier molecular flexibility index (Phi) is 5.45. The van der Waals surface area contributed by atoms with Gasteiger partial charge in [0, 0.05) is 13.1 Å². The molecule has 8 heteroatoms. The van der Waals surface area contributed by atoms with Crippen molar-refractivity contribution in [2.24, 2.45) is 5.41 Å². The molecule has 0 bridgehead atoms. The first kappa shape index (κ1) is 19.0. The normalized spacial score (nSPS) is 19.7. The minimum atomic E-state index is -3.43. The maximum absolute atomic E-state index is 12.3. The molecule has 2 aliphatic rings. The van der Waals surface area contributed by atoms with Gasteiger partial charge in [-0.2, -0.15) is 0 Å². The van der Waals surface area contributed by atoms with E-state index in [4.69, 9.17) is 0 Å². The molecule has 1 aromatic rings. The van der Waals surface area contributed by atoms with Gasteiger partial charge in [-0.1, -0.05) is 19.1 Å². The Morgan fingerprint density at radius 2 is 1.69 bits per heavy atom. The number of amides is 2. The zero-order chi connectivity index (χ0) is 18.8.